The molecule has 0 unspecified atom stereocenters. The molecule has 0 bridgehead atoms. The normalized spacial score (nSPS) is 11.0. The summed E-state index contributed by atoms with van der Waals surface area (Å²) in [6, 6.07) is 19.2. The van der Waals surface area contributed by atoms with Gasteiger partial charge < -0.3 is 10.1 Å². The highest BCUT2D eigenvalue weighted by molar-refractivity contribution is 7.21. The highest BCUT2D eigenvalue weighted by atomic mass is 32.1. The zero-order valence-corrected chi connectivity index (χ0v) is 22.7. The molecule has 0 saturated carbocycles. The van der Waals surface area contributed by atoms with E-state index in [4.69, 9.17) is 4.74 Å². The third kappa shape index (κ3) is 4.78. The Labute approximate surface area is 227 Å². The van der Waals surface area contributed by atoms with Crippen LogP contribution in [0.1, 0.15) is 43.0 Å². The van der Waals surface area contributed by atoms with E-state index in [1.807, 2.05) is 67.6 Å². The summed E-state index contributed by atoms with van der Waals surface area (Å²) in [5, 5.41) is 3.77. The van der Waals surface area contributed by atoms with Crippen LogP contribution in [0.15, 0.2) is 71.8 Å². The SMILES string of the molecule is CCOC(=O)c1c(NC(=O)c2sc3ncn(Cc4ccccc4)c(=O)c3c2C)sc(C)c1-c1ccccc1. The third-order valence-corrected chi connectivity index (χ3v) is 8.39. The topological polar surface area (TPSA) is 90.3 Å². The monoisotopic (exact) mass is 543 g/mol. The van der Waals surface area contributed by atoms with Crippen LogP contribution in [-0.2, 0) is 11.3 Å². The molecule has 3 heterocycles. The first kappa shape index (κ1) is 25.6. The number of anilines is 1. The van der Waals surface area contributed by atoms with Crippen molar-refractivity contribution in [3.63, 3.8) is 0 Å². The van der Waals surface area contributed by atoms with Gasteiger partial charge >= 0.3 is 5.97 Å². The largest absolute Gasteiger partial charge is 0.462 e. The quantitative estimate of drug-likeness (QED) is 0.244. The van der Waals surface area contributed by atoms with Gasteiger partial charge in [0.25, 0.3) is 11.5 Å². The summed E-state index contributed by atoms with van der Waals surface area (Å²) in [4.78, 5) is 46.0. The van der Waals surface area contributed by atoms with Gasteiger partial charge in [-0.25, -0.2) is 9.78 Å². The first-order valence-corrected chi connectivity index (χ1v) is 13.7. The van der Waals surface area contributed by atoms with Crippen LogP contribution in [0.4, 0.5) is 5.00 Å². The lowest BCUT2D eigenvalue weighted by atomic mass is 10.0. The molecule has 192 valence electrons. The Balaban J connectivity index is 1.52. The van der Waals surface area contributed by atoms with Gasteiger partial charge in [0.2, 0.25) is 0 Å². The van der Waals surface area contributed by atoms with Crippen molar-refractivity contribution in [2.75, 3.05) is 11.9 Å². The van der Waals surface area contributed by atoms with Crippen LogP contribution in [0.5, 0.6) is 0 Å². The highest BCUT2D eigenvalue weighted by Gasteiger charge is 2.27. The number of fused-ring (bicyclic) bond motifs is 1. The maximum atomic E-state index is 13.5. The van der Waals surface area contributed by atoms with E-state index in [1.54, 1.807) is 18.4 Å². The van der Waals surface area contributed by atoms with Crippen LogP contribution in [-0.4, -0.2) is 28.0 Å². The summed E-state index contributed by atoms with van der Waals surface area (Å²) in [5.41, 5.74) is 3.29. The van der Waals surface area contributed by atoms with Crippen molar-refractivity contribution >= 4 is 49.8 Å². The highest BCUT2D eigenvalue weighted by Crippen LogP contribution is 2.41. The molecule has 5 aromatic rings. The number of amides is 1. The van der Waals surface area contributed by atoms with Crippen LogP contribution >= 0.6 is 22.7 Å². The number of thiophene rings is 2. The Morgan fingerprint density at radius 2 is 1.68 bits per heavy atom. The van der Waals surface area contributed by atoms with Crippen LogP contribution in [0.2, 0.25) is 0 Å². The molecule has 0 fully saturated rings. The van der Waals surface area contributed by atoms with Crippen molar-refractivity contribution in [2.24, 2.45) is 0 Å². The lowest BCUT2D eigenvalue weighted by molar-refractivity contribution is 0.0529. The number of carbonyl (C=O) groups is 2. The minimum absolute atomic E-state index is 0.197. The van der Waals surface area contributed by atoms with Crippen molar-refractivity contribution in [1.82, 2.24) is 9.55 Å². The minimum atomic E-state index is -0.496. The Morgan fingerprint density at radius 1 is 1.00 bits per heavy atom. The molecular weight excluding hydrogens is 518 g/mol. The fraction of sp³-hybridized carbons (Fsp3) is 0.172. The number of nitrogens with one attached hydrogen (secondary N) is 1. The van der Waals surface area contributed by atoms with Crippen molar-refractivity contribution in [3.8, 4) is 11.1 Å². The molecule has 0 radical (unpaired) electrons. The van der Waals surface area contributed by atoms with Crippen molar-refractivity contribution in [2.45, 2.75) is 27.3 Å². The van der Waals surface area contributed by atoms with Gasteiger partial charge in [0.15, 0.2) is 0 Å². The maximum Gasteiger partial charge on any atom is 0.341 e. The summed E-state index contributed by atoms with van der Waals surface area (Å²) in [7, 11) is 0. The first-order valence-electron chi connectivity index (χ1n) is 12.1. The van der Waals surface area contributed by atoms with E-state index in [1.165, 1.54) is 17.7 Å². The third-order valence-electron chi connectivity index (χ3n) is 6.17. The number of esters is 1. The zero-order chi connectivity index (χ0) is 26.8. The van der Waals surface area contributed by atoms with Gasteiger partial charge in [-0.3, -0.25) is 14.2 Å². The lowest BCUT2D eigenvalue weighted by Gasteiger charge is -2.09. The zero-order valence-electron chi connectivity index (χ0n) is 21.1. The molecule has 0 spiro atoms. The Kier molecular flexibility index (Phi) is 7.22. The minimum Gasteiger partial charge on any atom is -0.462 e. The number of aromatic nitrogens is 2. The van der Waals surface area contributed by atoms with Gasteiger partial charge in [-0.15, -0.1) is 22.7 Å². The standard InChI is InChI=1S/C29H25N3O4S2/c1-4-36-29(35)23-22(20-13-9-6-10-14-20)18(3)37-27(23)31-25(33)24-17(2)21-26(38-24)30-16-32(28(21)34)15-19-11-7-5-8-12-19/h5-14,16H,4,15H2,1-3H3,(H,31,33). The summed E-state index contributed by atoms with van der Waals surface area (Å²) >= 11 is 2.49. The maximum absolute atomic E-state index is 13.5. The van der Waals surface area contributed by atoms with Gasteiger partial charge in [0, 0.05) is 10.4 Å². The summed E-state index contributed by atoms with van der Waals surface area (Å²) in [6.45, 7) is 6.01. The van der Waals surface area contributed by atoms with Crippen molar-refractivity contribution in [1.29, 1.82) is 0 Å². The van der Waals surface area contributed by atoms with Gasteiger partial charge in [-0.05, 0) is 37.5 Å². The van der Waals surface area contributed by atoms with E-state index in [0.29, 0.717) is 37.8 Å². The van der Waals surface area contributed by atoms with E-state index in [-0.39, 0.29) is 12.2 Å². The lowest BCUT2D eigenvalue weighted by Crippen LogP contribution is -2.21. The summed E-state index contributed by atoms with van der Waals surface area (Å²) in [6.07, 6.45) is 1.52. The molecule has 9 heteroatoms. The Morgan fingerprint density at radius 3 is 2.37 bits per heavy atom. The number of hydrogen-bond donors (Lipinski definition) is 1. The number of rotatable bonds is 7. The van der Waals surface area contributed by atoms with E-state index >= 15 is 0 Å². The van der Waals surface area contributed by atoms with Crippen LogP contribution in [0, 0.1) is 13.8 Å². The number of ether oxygens (including phenoxy) is 1. The number of benzene rings is 2. The van der Waals surface area contributed by atoms with E-state index in [2.05, 4.69) is 10.3 Å². The van der Waals surface area contributed by atoms with Crippen LogP contribution < -0.4 is 10.9 Å². The predicted molar refractivity (Wildman–Crippen MR) is 153 cm³/mol. The predicted octanol–water partition coefficient (Wildman–Crippen LogP) is 6.28. The number of aryl methyl sites for hydroxylation is 2. The number of hydrogen-bond acceptors (Lipinski definition) is 7. The fourth-order valence-electron chi connectivity index (χ4n) is 4.41. The first-order chi connectivity index (χ1) is 18.4. The Bertz CT molecular complexity index is 1700. The molecule has 7 nitrogen and oxygen atoms in total. The molecule has 0 saturated heterocycles. The molecule has 2 aromatic carbocycles. The molecule has 0 aliphatic carbocycles. The molecule has 0 atom stereocenters. The van der Waals surface area contributed by atoms with Gasteiger partial charge in [0.1, 0.15) is 15.4 Å². The molecule has 0 aliphatic rings. The second-order valence-corrected chi connectivity index (χ2v) is 10.9. The van der Waals surface area contributed by atoms with Crippen LogP contribution in [0.25, 0.3) is 21.3 Å². The second-order valence-electron chi connectivity index (χ2n) is 8.68. The molecule has 1 N–H and O–H groups in total. The van der Waals surface area contributed by atoms with Crippen LogP contribution in [0.3, 0.4) is 0 Å². The molecule has 3 aromatic heterocycles. The smallest absolute Gasteiger partial charge is 0.341 e. The average molecular weight is 544 g/mol. The Hall–Kier alpha value is -4.08. The van der Waals surface area contributed by atoms with E-state index < -0.39 is 11.9 Å². The molecule has 5 rings (SSSR count). The number of carbonyl (C=O) groups excluding carboxylic acids is 2. The van der Waals surface area contributed by atoms with Gasteiger partial charge in [-0.1, -0.05) is 60.7 Å². The van der Waals surface area contributed by atoms with Crippen molar-refractivity contribution < 1.29 is 14.3 Å². The van der Waals surface area contributed by atoms with E-state index in [9.17, 15) is 14.4 Å². The summed E-state index contributed by atoms with van der Waals surface area (Å²) < 4.78 is 6.89. The fourth-order valence-corrected chi connectivity index (χ4v) is 6.51. The molecule has 38 heavy (non-hydrogen) atoms. The van der Waals surface area contributed by atoms with Gasteiger partial charge in [-0.2, -0.15) is 0 Å². The molecular formula is C29H25N3O4S2. The number of nitrogens with zero attached hydrogens (tertiary/aromatic N) is 2. The second kappa shape index (κ2) is 10.7. The summed E-state index contributed by atoms with van der Waals surface area (Å²) in [5.74, 6) is -0.893. The molecule has 0 aliphatic heterocycles. The average Bonchev–Trinajstić information content (AvgIpc) is 3.43. The van der Waals surface area contributed by atoms with Gasteiger partial charge in [0.05, 0.1) is 29.7 Å². The molecule has 1 amide bonds. The van der Waals surface area contributed by atoms with E-state index in [0.717, 1.165) is 32.9 Å². The van der Waals surface area contributed by atoms with Crippen molar-refractivity contribution in [3.05, 3.63) is 104 Å².